The predicted octanol–water partition coefficient (Wildman–Crippen LogP) is 0.516. The van der Waals surface area contributed by atoms with Crippen LogP contribution in [0.3, 0.4) is 0 Å². The minimum atomic E-state index is -4.44. The summed E-state index contributed by atoms with van der Waals surface area (Å²) in [4.78, 5) is 15.2. The molecule has 1 aliphatic heterocycles. The van der Waals surface area contributed by atoms with Crippen LogP contribution in [-0.2, 0) is 9.63 Å². The third kappa shape index (κ3) is 3.88. The highest BCUT2D eigenvalue weighted by molar-refractivity contribution is 5.93. The molecule has 0 spiro atoms. The van der Waals surface area contributed by atoms with Crippen LogP contribution in [-0.4, -0.2) is 31.8 Å². The lowest BCUT2D eigenvalue weighted by molar-refractivity contribution is -0.190. The van der Waals surface area contributed by atoms with Crippen LogP contribution in [0.25, 0.3) is 0 Å². The van der Waals surface area contributed by atoms with E-state index >= 15 is 0 Å². The van der Waals surface area contributed by atoms with Gasteiger partial charge in [0.15, 0.2) is 6.61 Å². The molecule has 15 heavy (non-hydrogen) atoms. The van der Waals surface area contributed by atoms with Crippen molar-refractivity contribution in [1.29, 1.82) is 0 Å². The Balaban J connectivity index is 2.30. The first-order valence-electron chi connectivity index (χ1n) is 4.28. The fourth-order valence-corrected chi connectivity index (χ4v) is 0.936. The maximum Gasteiger partial charge on any atom is 0.414 e. The van der Waals surface area contributed by atoms with Crippen molar-refractivity contribution in [3.8, 4) is 0 Å². The number of carbonyl (C=O) groups excluding carboxylic acids is 1. The highest BCUT2D eigenvalue weighted by Crippen LogP contribution is 2.14. The molecule has 0 saturated carbocycles. The summed E-state index contributed by atoms with van der Waals surface area (Å²) in [6, 6.07) is 0. The third-order valence-electron chi connectivity index (χ3n) is 1.95. The van der Waals surface area contributed by atoms with E-state index < -0.39 is 18.7 Å². The zero-order chi connectivity index (χ0) is 11.5. The summed E-state index contributed by atoms with van der Waals surface area (Å²) < 4.78 is 34.9. The van der Waals surface area contributed by atoms with Crippen LogP contribution in [0, 0.1) is 0 Å². The van der Waals surface area contributed by atoms with Gasteiger partial charge in [0.05, 0.1) is 0 Å². The van der Waals surface area contributed by atoms with Crippen molar-refractivity contribution in [2.75, 3.05) is 19.7 Å². The van der Waals surface area contributed by atoms with Gasteiger partial charge in [-0.3, -0.25) is 9.63 Å². The Morgan fingerprint density at radius 2 is 2.13 bits per heavy atom. The lowest BCUT2D eigenvalue weighted by Crippen LogP contribution is -2.38. The van der Waals surface area contributed by atoms with Crippen LogP contribution in [0.4, 0.5) is 13.2 Å². The first-order chi connectivity index (χ1) is 6.90. The molecular weight excluding hydrogens is 213 g/mol. The summed E-state index contributed by atoms with van der Waals surface area (Å²) in [6.07, 6.45) is -4.44. The molecule has 0 unspecified atom stereocenters. The van der Waals surface area contributed by atoms with Crippen molar-refractivity contribution >= 4 is 5.91 Å². The lowest BCUT2D eigenvalue weighted by Gasteiger charge is -2.21. The van der Waals surface area contributed by atoms with Gasteiger partial charge in [-0.15, -0.1) is 0 Å². The van der Waals surface area contributed by atoms with Crippen molar-refractivity contribution in [2.45, 2.75) is 13.1 Å². The highest BCUT2D eigenvalue weighted by atomic mass is 19.4. The van der Waals surface area contributed by atoms with Gasteiger partial charge in [-0.25, -0.2) is 5.48 Å². The van der Waals surface area contributed by atoms with Gasteiger partial charge in [0.2, 0.25) is 0 Å². The second-order valence-corrected chi connectivity index (χ2v) is 3.17. The molecule has 0 bridgehead atoms. The van der Waals surface area contributed by atoms with Crippen LogP contribution in [0.15, 0.2) is 11.1 Å². The molecule has 0 aromatic heterocycles. The summed E-state index contributed by atoms with van der Waals surface area (Å²) in [5.41, 5.74) is 3.02. The molecule has 1 fully saturated rings. The maximum atomic E-state index is 11.6. The monoisotopic (exact) mass is 224 g/mol. The molecule has 1 heterocycles. The number of alkyl halides is 3. The topological polar surface area (TPSA) is 50.4 Å². The van der Waals surface area contributed by atoms with Crippen LogP contribution in [0.2, 0.25) is 0 Å². The largest absolute Gasteiger partial charge is 0.414 e. The molecule has 4 nitrogen and oxygen atoms in total. The molecule has 7 heteroatoms. The molecule has 0 radical (unpaired) electrons. The van der Waals surface area contributed by atoms with Gasteiger partial charge in [-0.2, -0.15) is 13.2 Å². The first kappa shape index (κ1) is 12.0. The molecule has 1 aliphatic rings. The Labute approximate surface area is 84.4 Å². The number of hydrogen-bond donors (Lipinski definition) is 2. The van der Waals surface area contributed by atoms with E-state index in [1.807, 2.05) is 0 Å². The second kappa shape index (κ2) is 4.63. The summed E-state index contributed by atoms with van der Waals surface area (Å²) in [7, 11) is 0. The number of hydroxylamine groups is 1. The zero-order valence-electron chi connectivity index (χ0n) is 8.07. The van der Waals surface area contributed by atoms with Gasteiger partial charge in [-0.1, -0.05) is 0 Å². The smallest absolute Gasteiger partial charge is 0.309 e. The molecule has 1 rings (SSSR count). The van der Waals surface area contributed by atoms with Gasteiger partial charge < -0.3 is 5.32 Å². The summed E-state index contributed by atoms with van der Waals surface area (Å²) in [6.45, 7) is 1.25. The number of halogens is 3. The number of amides is 1. The standard InChI is InChI=1S/C8H11F3N2O2/c1-5(6-2-12-3-6)7(14)13-15-4-8(9,10)11/h12H,2-4H2,1H3,(H,13,14). The second-order valence-electron chi connectivity index (χ2n) is 3.17. The summed E-state index contributed by atoms with van der Waals surface area (Å²) in [5.74, 6) is -0.629. The SMILES string of the molecule is CC(C(=O)NOCC(F)(F)F)=C1CNC1. The summed E-state index contributed by atoms with van der Waals surface area (Å²) in [5, 5.41) is 2.92. The van der Waals surface area contributed by atoms with Gasteiger partial charge in [0.25, 0.3) is 5.91 Å². The summed E-state index contributed by atoms with van der Waals surface area (Å²) >= 11 is 0. The molecule has 0 aliphatic carbocycles. The van der Waals surface area contributed by atoms with E-state index in [-0.39, 0.29) is 0 Å². The third-order valence-corrected chi connectivity index (χ3v) is 1.95. The minimum absolute atomic E-state index is 0.399. The number of rotatable bonds is 3. The van der Waals surface area contributed by atoms with E-state index in [4.69, 9.17) is 0 Å². The highest BCUT2D eigenvalue weighted by Gasteiger charge is 2.28. The molecule has 1 saturated heterocycles. The normalized spacial score (nSPS) is 15.9. The molecule has 86 valence electrons. The van der Waals surface area contributed by atoms with Crippen LogP contribution >= 0.6 is 0 Å². The quantitative estimate of drug-likeness (QED) is 0.542. The lowest BCUT2D eigenvalue weighted by atomic mass is 10.0. The Hall–Kier alpha value is -1.08. The van der Waals surface area contributed by atoms with Crippen molar-refractivity contribution in [3.63, 3.8) is 0 Å². The number of carbonyl (C=O) groups is 1. The Bertz CT molecular complexity index is 280. The first-order valence-corrected chi connectivity index (χ1v) is 4.28. The van der Waals surface area contributed by atoms with Gasteiger partial charge >= 0.3 is 6.18 Å². The Morgan fingerprint density at radius 1 is 1.53 bits per heavy atom. The number of hydrogen-bond acceptors (Lipinski definition) is 3. The van der Waals surface area contributed by atoms with Gasteiger partial charge in [0.1, 0.15) is 0 Å². The van der Waals surface area contributed by atoms with Crippen molar-refractivity contribution in [3.05, 3.63) is 11.1 Å². The molecule has 2 N–H and O–H groups in total. The zero-order valence-corrected chi connectivity index (χ0v) is 8.07. The predicted molar refractivity (Wildman–Crippen MR) is 45.7 cm³/mol. The van der Waals surface area contributed by atoms with E-state index in [0.717, 1.165) is 5.57 Å². The van der Waals surface area contributed by atoms with E-state index in [2.05, 4.69) is 10.2 Å². The van der Waals surface area contributed by atoms with Crippen LogP contribution < -0.4 is 10.8 Å². The Morgan fingerprint density at radius 3 is 2.53 bits per heavy atom. The van der Waals surface area contributed by atoms with Gasteiger partial charge in [0, 0.05) is 18.7 Å². The molecule has 1 amide bonds. The molecule has 0 atom stereocenters. The van der Waals surface area contributed by atoms with E-state index in [0.29, 0.717) is 18.7 Å². The fraction of sp³-hybridized carbons (Fsp3) is 0.625. The maximum absolute atomic E-state index is 11.6. The van der Waals surface area contributed by atoms with E-state index in [1.165, 1.54) is 0 Å². The average Bonchev–Trinajstić information content (AvgIpc) is 1.98. The molecular formula is C8H11F3N2O2. The molecule has 0 aromatic carbocycles. The van der Waals surface area contributed by atoms with Crippen molar-refractivity contribution in [2.24, 2.45) is 0 Å². The van der Waals surface area contributed by atoms with Crippen molar-refractivity contribution < 1.29 is 22.8 Å². The fourth-order valence-electron chi connectivity index (χ4n) is 0.936. The van der Waals surface area contributed by atoms with Crippen LogP contribution in [0.5, 0.6) is 0 Å². The number of nitrogens with one attached hydrogen (secondary N) is 2. The average molecular weight is 224 g/mol. The van der Waals surface area contributed by atoms with E-state index in [1.54, 1.807) is 12.4 Å². The van der Waals surface area contributed by atoms with E-state index in [9.17, 15) is 18.0 Å². The van der Waals surface area contributed by atoms with Gasteiger partial charge in [-0.05, 0) is 12.5 Å². The Kier molecular flexibility index (Phi) is 3.70. The van der Waals surface area contributed by atoms with Crippen molar-refractivity contribution in [1.82, 2.24) is 10.8 Å². The minimum Gasteiger partial charge on any atom is -0.309 e. The van der Waals surface area contributed by atoms with Crippen LogP contribution in [0.1, 0.15) is 6.92 Å². The molecule has 0 aromatic rings.